The first kappa shape index (κ1) is 19.5. The SMILES string of the molecule is CCC(O)c1ccc(N2C(=O)CCC2[C@H](OC)c2ccc(C(=O)O)s2)cc1. The third-order valence-corrected chi connectivity index (χ3v) is 6.05. The van der Waals surface area contributed by atoms with Gasteiger partial charge in [0.25, 0.3) is 0 Å². The van der Waals surface area contributed by atoms with Crippen molar-refractivity contribution in [3.05, 3.63) is 51.7 Å². The summed E-state index contributed by atoms with van der Waals surface area (Å²) in [5, 5.41) is 19.1. The number of rotatable bonds is 7. The molecule has 2 N–H and O–H groups in total. The van der Waals surface area contributed by atoms with Crippen LogP contribution in [0.4, 0.5) is 5.69 Å². The Morgan fingerprint density at radius 2 is 2.00 bits per heavy atom. The Morgan fingerprint density at radius 1 is 1.30 bits per heavy atom. The van der Waals surface area contributed by atoms with Gasteiger partial charge in [0.15, 0.2) is 0 Å². The number of hydrogen-bond donors (Lipinski definition) is 2. The lowest BCUT2D eigenvalue weighted by atomic mass is 10.0. The maximum atomic E-state index is 12.6. The lowest BCUT2D eigenvalue weighted by Gasteiger charge is -2.30. The lowest BCUT2D eigenvalue weighted by molar-refractivity contribution is -0.117. The lowest BCUT2D eigenvalue weighted by Crippen LogP contribution is -2.37. The van der Waals surface area contributed by atoms with E-state index < -0.39 is 18.2 Å². The Hall–Kier alpha value is -2.22. The highest BCUT2D eigenvalue weighted by molar-refractivity contribution is 7.14. The summed E-state index contributed by atoms with van der Waals surface area (Å²) in [7, 11) is 1.58. The maximum absolute atomic E-state index is 12.6. The van der Waals surface area contributed by atoms with Crippen LogP contribution >= 0.6 is 11.3 Å². The average molecular weight is 389 g/mol. The molecule has 0 bridgehead atoms. The number of carbonyl (C=O) groups excluding carboxylic acids is 1. The van der Waals surface area contributed by atoms with Crippen molar-refractivity contribution in [2.75, 3.05) is 12.0 Å². The molecule has 0 saturated carbocycles. The van der Waals surface area contributed by atoms with Crippen LogP contribution in [-0.2, 0) is 9.53 Å². The first-order valence-electron chi connectivity index (χ1n) is 8.92. The van der Waals surface area contributed by atoms with E-state index in [1.807, 2.05) is 31.2 Å². The van der Waals surface area contributed by atoms with E-state index in [4.69, 9.17) is 9.84 Å². The van der Waals surface area contributed by atoms with Gasteiger partial charge in [-0.3, -0.25) is 4.79 Å². The van der Waals surface area contributed by atoms with Crippen LogP contribution in [0.3, 0.4) is 0 Å². The number of aliphatic hydroxyl groups excluding tert-OH is 1. The minimum atomic E-state index is -0.967. The largest absolute Gasteiger partial charge is 0.477 e. The molecule has 144 valence electrons. The van der Waals surface area contributed by atoms with Crippen molar-refractivity contribution in [3.63, 3.8) is 0 Å². The number of aliphatic hydroxyl groups is 1. The van der Waals surface area contributed by atoms with E-state index in [9.17, 15) is 14.7 Å². The molecule has 2 aromatic rings. The molecule has 0 radical (unpaired) electrons. The van der Waals surface area contributed by atoms with E-state index in [-0.39, 0.29) is 16.8 Å². The number of amides is 1. The zero-order chi connectivity index (χ0) is 19.6. The van der Waals surface area contributed by atoms with Gasteiger partial charge in [-0.1, -0.05) is 19.1 Å². The molecule has 3 rings (SSSR count). The van der Waals surface area contributed by atoms with Gasteiger partial charge < -0.3 is 19.8 Å². The van der Waals surface area contributed by atoms with Crippen LogP contribution in [0.5, 0.6) is 0 Å². The van der Waals surface area contributed by atoms with Crippen LogP contribution < -0.4 is 4.90 Å². The van der Waals surface area contributed by atoms with Crippen molar-refractivity contribution in [2.24, 2.45) is 0 Å². The number of nitrogens with zero attached hydrogens (tertiary/aromatic N) is 1. The van der Waals surface area contributed by atoms with Crippen LogP contribution in [0.15, 0.2) is 36.4 Å². The summed E-state index contributed by atoms with van der Waals surface area (Å²) < 4.78 is 5.68. The van der Waals surface area contributed by atoms with Gasteiger partial charge in [0.2, 0.25) is 5.91 Å². The Labute approximate surface area is 162 Å². The topological polar surface area (TPSA) is 87.1 Å². The molecular weight excluding hydrogens is 366 g/mol. The second-order valence-corrected chi connectivity index (χ2v) is 7.66. The summed E-state index contributed by atoms with van der Waals surface area (Å²) in [5.41, 5.74) is 1.57. The molecular formula is C20H23NO5S. The molecule has 1 amide bonds. The summed E-state index contributed by atoms with van der Waals surface area (Å²) in [5.74, 6) is -0.952. The Bertz CT molecular complexity index is 816. The zero-order valence-corrected chi connectivity index (χ0v) is 16.1. The molecule has 0 spiro atoms. The molecule has 7 heteroatoms. The van der Waals surface area contributed by atoms with Gasteiger partial charge in [0.1, 0.15) is 11.0 Å². The smallest absolute Gasteiger partial charge is 0.345 e. The summed E-state index contributed by atoms with van der Waals surface area (Å²) in [4.78, 5) is 26.5. The summed E-state index contributed by atoms with van der Waals surface area (Å²) in [6, 6.07) is 10.5. The van der Waals surface area contributed by atoms with Crippen molar-refractivity contribution in [2.45, 2.75) is 44.4 Å². The van der Waals surface area contributed by atoms with E-state index in [2.05, 4.69) is 0 Å². The predicted molar refractivity (Wildman–Crippen MR) is 103 cm³/mol. The van der Waals surface area contributed by atoms with Gasteiger partial charge >= 0.3 is 5.97 Å². The highest BCUT2D eigenvalue weighted by Gasteiger charge is 2.39. The molecule has 0 aliphatic carbocycles. The second kappa shape index (κ2) is 8.21. The minimum Gasteiger partial charge on any atom is -0.477 e. The second-order valence-electron chi connectivity index (χ2n) is 6.55. The van der Waals surface area contributed by atoms with Crippen molar-refractivity contribution in [1.82, 2.24) is 0 Å². The molecule has 1 aromatic heterocycles. The fraction of sp³-hybridized carbons (Fsp3) is 0.400. The van der Waals surface area contributed by atoms with E-state index in [0.717, 1.165) is 16.1 Å². The Balaban J connectivity index is 1.89. The van der Waals surface area contributed by atoms with Crippen molar-refractivity contribution >= 4 is 28.9 Å². The Kier molecular flexibility index (Phi) is 5.94. The number of carboxylic acids is 1. The minimum absolute atomic E-state index is 0.0147. The van der Waals surface area contributed by atoms with E-state index in [1.54, 1.807) is 24.1 Å². The number of benzene rings is 1. The van der Waals surface area contributed by atoms with Crippen LogP contribution in [0.2, 0.25) is 0 Å². The molecule has 3 atom stereocenters. The number of anilines is 1. The highest BCUT2D eigenvalue weighted by Crippen LogP contribution is 2.38. The van der Waals surface area contributed by atoms with E-state index >= 15 is 0 Å². The van der Waals surface area contributed by atoms with Gasteiger partial charge in [-0.15, -0.1) is 11.3 Å². The van der Waals surface area contributed by atoms with E-state index in [0.29, 0.717) is 19.3 Å². The molecule has 1 aromatic carbocycles. The van der Waals surface area contributed by atoms with E-state index in [1.165, 1.54) is 11.3 Å². The summed E-state index contributed by atoms with van der Waals surface area (Å²) in [6.07, 6.45) is 0.769. The summed E-state index contributed by atoms with van der Waals surface area (Å²) in [6.45, 7) is 1.91. The third kappa shape index (κ3) is 3.90. The Morgan fingerprint density at radius 3 is 2.56 bits per heavy atom. The number of carboxylic acid groups (broad SMARTS) is 1. The first-order chi connectivity index (χ1) is 13.0. The number of carbonyl (C=O) groups is 2. The predicted octanol–water partition coefficient (Wildman–Crippen LogP) is 3.77. The van der Waals surface area contributed by atoms with Crippen LogP contribution in [0.1, 0.15) is 58.5 Å². The van der Waals surface area contributed by atoms with Crippen LogP contribution in [-0.4, -0.2) is 35.2 Å². The fourth-order valence-corrected chi connectivity index (χ4v) is 4.49. The van der Waals surface area contributed by atoms with Crippen molar-refractivity contribution in [3.8, 4) is 0 Å². The fourth-order valence-electron chi connectivity index (χ4n) is 3.50. The molecule has 1 fully saturated rings. The average Bonchev–Trinajstić information content (AvgIpc) is 3.30. The standard InChI is InChI=1S/C20H23NO5S/c1-3-15(22)12-4-6-13(7-5-12)21-14(8-11-18(21)23)19(26-2)16-9-10-17(27-16)20(24)25/h4-7,9-10,14-15,19,22H,3,8,11H2,1-2H3,(H,24,25)/t14?,15?,19-/m0/s1. The molecule has 27 heavy (non-hydrogen) atoms. The highest BCUT2D eigenvalue weighted by atomic mass is 32.1. The van der Waals surface area contributed by atoms with Gasteiger partial charge in [-0.2, -0.15) is 0 Å². The molecule has 2 heterocycles. The van der Waals surface area contributed by atoms with Gasteiger partial charge in [0.05, 0.1) is 12.1 Å². The molecule has 1 aliphatic heterocycles. The zero-order valence-electron chi connectivity index (χ0n) is 15.3. The van der Waals surface area contributed by atoms with Crippen molar-refractivity contribution in [1.29, 1.82) is 0 Å². The van der Waals surface area contributed by atoms with Gasteiger partial charge in [0, 0.05) is 24.1 Å². The monoisotopic (exact) mass is 389 g/mol. The number of thiophene rings is 1. The quantitative estimate of drug-likeness (QED) is 0.753. The summed E-state index contributed by atoms with van der Waals surface area (Å²) >= 11 is 1.17. The van der Waals surface area contributed by atoms with Crippen LogP contribution in [0.25, 0.3) is 0 Å². The van der Waals surface area contributed by atoms with Gasteiger partial charge in [-0.05, 0) is 42.7 Å². The number of aromatic carboxylic acids is 1. The number of hydrogen-bond acceptors (Lipinski definition) is 5. The maximum Gasteiger partial charge on any atom is 0.345 e. The number of methoxy groups -OCH3 is 1. The van der Waals surface area contributed by atoms with Crippen LogP contribution in [0, 0.1) is 0 Å². The van der Waals surface area contributed by atoms with Gasteiger partial charge in [-0.25, -0.2) is 4.79 Å². The molecule has 1 aliphatic rings. The molecule has 1 saturated heterocycles. The van der Waals surface area contributed by atoms with Crippen molar-refractivity contribution < 1.29 is 24.5 Å². The normalized spacial score (nSPS) is 19.3. The molecule has 6 nitrogen and oxygen atoms in total. The first-order valence-corrected chi connectivity index (χ1v) is 9.73. The third-order valence-electron chi connectivity index (χ3n) is 4.92. The molecule has 2 unspecified atom stereocenters. The number of ether oxygens (including phenoxy) is 1.